The largest absolute Gasteiger partial charge is 0.489 e. The van der Waals surface area contributed by atoms with E-state index in [2.05, 4.69) is 5.48 Å². The standard InChI is InChI=1S/C26H23FN2O5/c1-32-29-25(20-4-8-22(27)9-5-20)17-34-23-10-2-18(3-11-23)16-33-24-12-6-19(7-13-24)21(15-28)14-26(30)31/h2-13,17,21,29H,14,16H2,1H3,(H,30,31). The first-order chi connectivity index (χ1) is 16.5. The predicted molar refractivity (Wildman–Crippen MR) is 123 cm³/mol. The molecule has 7 nitrogen and oxygen atoms in total. The molecule has 0 bridgehead atoms. The molecule has 0 saturated carbocycles. The van der Waals surface area contributed by atoms with Crippen LogP contribution in [0, 0.1) is 17.1 Å². The molecule has 34 heavy (non-hydrogen) atoms. The van der Waals surface area contributed by atoms with Crippen LogP contribution in [0.25, 0.3) is 5.70 Å². The summed E-state index contributed by atoms with van der Waals surface area (Å²) < 4.78 is 24.6. The van der Waals surface area contributed by atoms with Crippen LogP contribution in [-0.2, 0) is 16.2 Å². The highest BCUT2D eigenvalue weighted by atomic mass is 19.1. The number of nitrogens with one attached hydrogen (secondary N) is 1. The van der Waals surface area contributed by atoms with Crippen molar-refractivity contribution >= 4 is 11.7 Å². The van der Waals surface area contributed by atoms with Crippen molar-refractivity contribution in [2.75, 3.05) is 7.11 Å². The Balaban J connectivity index is 1.57. The zero-order chi connectivity index (χ0) is 24.3. The molecule has 0 radical (unpaired) electrons. The molecule has 0 aromatic heterocycles. The van der Waals surface area contributed by atoms with E-state index in [0.29, 0.717) is 34.9 Å². The van der Waals surface area contributed by atoms with Gasteiger partial charge in [-0.1, -0.05) is 24.3 Å². The highest BCUT2D eigenvalue weighted by molar-refractivity contribution is 5.68. The third-order valence-corrected chi connectivity index (χ3v) is 4.83. The van der Waals surface area contributed by atoms with Crippen LogP contribution < -0.4 is 15.0 Å². The second-order valence-electron chi connectivity index (χ2n) is 7.24. The number of rotatable bonds is 11. The van der Waals surface area contributed by atoms with Gasteiger partial charge in [0.15, 0.2) is 0 Å². The maximum absolute atomic E-state index is 13.2. The summed E-state index contributed by atoms with van der Waals surface area (Å²) in [6, 6.07) is 22.0. The first kappa shape index (κ1) is 24.3. The van der Waals surface area contributed by atoms with Gasteiger partial charge in [-0.3, -0.25) is 15.1 Å². The van der Waals surface area contributed by atoms with E-state index in [0.717, 1.165) is 5.56 Å². The predicted octanol–water partition coefficient (Wildman–Crippen LogP) is 5.01. The smallest absolute Gasteiger partial charge is 0.305 e. The molecule has 0 aliphatic rings. The van der Waals surface area contributed by atoms with Gasteiger partial charge in [-0.2, -0.15) is 5.26 Å². The van der Waals surface area contributed by atoms with E-state index in [9.17, 15) is 9.18 Å². The molecule has 3 aromatic rings. The molecular formula is C26H23FN2O5. The zero-order valence-corrected chi connectivity index (χ0v) is 18.4. The molecule has 0 aliphatic carbocycles. The van der Waals surface area contributed by atoms with Gasteiger partial charge in [0.2, 0.25) is 0 Å². The number of hydroxylamine groups is 1. The number of carboxylic acid groups (broad SMARTS) is 1. The normalized spacial score (nSPS) is 11.9. The molecule has 0 saturated heterocycles. The lowest BCUT2D eigenvalue weighted by atomic mass is 9.97. The van der Waals surface area contributed by atoms with Crippen LogP contribution in [-0.4, -0.2) is 18.2 Å². The highest BCUT2D eigenvalue weighted by Crippen LogP contribution is 2.23. The Bertz CT molecular complexity index is 1150. The van der Waals surface area contributed by atoms with Crippen LogP contribution in [0.3, 0.4) is 0 Å². The summed E-state index contributed by atoms with van der Waals surface area (Å²) in [5.41, 5.74) is 5.48. The average molecular weight is 462 g/mol. The third-order valence-electron chi connectivity index (χ3n) is 4.83. The number of hydrogen-bond donors (Lipinski definition) is 2. The van der Waals surface area contributed by atoms with Crippen molar-refractivity contribution in [1.29, 1.82) is 5.26 Å². The number of carboxylic acids is 1. The fourth-order valence-electron chi connectivity index (χ4n) is 3.06. The summed E-state index contributed by atoms with van der Waals surface area (Å²) in [4.78, 5) is 15.8. The number of nitriles is 1. The maximum atomic E-state index is 13.2. The minimum absolute atomic E-state index is 0.243. The number of halogens is 1. The van der Waals surface area contributed by atoms with E-state index < -0.39 is 11.9 Å². The monoisotopic (exact) mass is 462 g/mol. The molecule has 0 spiro atoms. The molecule has 174 valence electrons. The number of carbonyl (C=O) groups is 1. The Labute approximate surface area is 196 Å². The fourth-order valence-corrected chi connectivity index (χ4v) is 3.06. The number of benzene rings is 3. The molecule has 8 heteroatoms. The summed E-state index contributed by atoms with van der Waals surface area (Å²) in [6.07, 6.45) is 1.23. The van der Waals surface area contributed by atoms with Crippen molar-refractivity contribution in [3.8, 4) is 17.6 Å². The number of nitrogens with zero attached hydrogens (tertiary/aromatic N) is 1. The van der Waals surface area contributed by atoms with Crippen LogP contribution in [0.5, 0.6) is 11.5 Å². The summed E-state index contributed by atoms with van der Waals surface area (Å²) in [7, 11) is 1.47. The fraction of sp³-hybridized carbons (Fsp3) is 0.154. The molecule has 0 heterocycles. The van der Waals surface area contributed by atoms with Gasteiger partial charge < -0.3 is 14.6 Å². The van der Waals surface area contributed by atoms with Crippen molar-refractivity contribution in [1.82, 2.24) is 5.48 Å². The van der Waals surface area contributed by atoms with Crippen molar-refractivity contribution in [2.24, 2.45) is 0 Å². The number of aliphatic carboxylic acids is 1. The van der Waals surface area contributed by atoms with Crippen LogP contribution in [0.4, 0.5) is 4.39 Å². The summed E-state index contributed by atoms with van der Waals surface area (Å²) in [5, 5.41) is 18.1. The van der Waals surface area contributed by atoms with Crippen molar-refractivity contribution in [2.45, 2.75) is 18.9 Å². The quantitative estimate of drug-likeness (QED) is 0.305. The first-order valence-corrected chi connectivity index (χ1v) is 10.3. The van der Waals surface area contributed by atoms with Crippen LogP contribution >= 0.6 is 0 Å². The Kier molecular flexibility index (Phi) is 8.60. The summed E-state index contributed by atoms with van der Waals surface area (Å²) in [6.45, 7) is 0.318. The molecule has 0 aliphatic heterocycles. The zero-order valence-electron chi connectivity index (χ0n) is 18.4. The van der Waals surface area contributed by atoms with Gasteiger partial charge in [-0.25, -0.2) is 4.39 Å². The van der Waals surface area contributed by atoms with Crippen LogP contribution in [0.2, 0.25) is 0 Å². The van der Waals surface area contributed by atoms with Gasteiger partial charge in [-0.15, -0.1) is 0 Å². The van der Waals surface area contributed by atoms with Gasteiger partial charge >= 0.3 is 5.97 Å². The van der Waals surface area contributed by atoms with Gasteiger partial charge in [0.05, 0.1) is 25.5 Å². The average Bonchev–Trinajstić information content (AvgIpc) is 2.85. The molecule has 2 N–H and O–H groups in total. The maximum Gasteiger partial charge on any atom is 0.305 e. The molecular weight excluding hydrogens is 439 g/mol. The third kappa shape index (κ3) is 7.08. The minimum Gasteiger partial charge on any atom is -0.489 e. The van der Waals surface area contributed by atoms with E-state index >= 15 is 0 Å². The molecule has 1 atom stereocenters. The van der Waals surface area contributed by atoms with Gasteiger partial charge in [-0.05, 0) is 59.7 Å². The lowest BCUT2D eigenvalue weighted by Crippen LogP contribution is -2.11. The van der Waals surface area contributed by atoms with Gasteiger partial charge in [0.25, 0.3) is 0 Å². The van der Waals surface area contributed by atoms with E-state index in [1.165, 1.54) is 25.5 Å². The second kappa shape index (κ2) is 12.0. The van der Waals surface area contributed by atoms with Crippen LogP contribution in [0.1, 0.15) is 29.0 Å². The van der Waals surface area contributed by atoms with Crippen molar-refractivity contribution in [3.63, 3.8) is 0 Å². The first-order valence-electron chi connectivity index (χ1n) is 10.3. The minimum atomic E-state index is -1.02. The number of ether oxygens (including phenoxy) is 2. The summed E-state index contributed by atoms with van der Waals surface area (Å²) >= 11 is 0. The van der Waals surface area contributed by atoms with E-state index in [1.807, 2.05) is 18.2 Å². The number of hydrogen-bond acceptors (Lipinski definition) is 6. The topological polar surface area (TPSA) is 101 Å². The highest BCUT2D eigenvalue weighted by Gasteiger charge is 2.14. The van der Waals surface area contributed by atoms with Gasteiger partial charge in [0, 0.05) is 5.56 Å². The Hall–Kier alpha value is -4.35. The molecule has 3 rings (SSSR count). The van der Waals surface area contributed by atoms with Crippen LogP contribution in [0.15, 0.2) is 79.1 Å². The molecule has 0 amide bonds. The molecule has 3 aromatic carbocycles. The molecule has 0 fully saturated rings. The molecule has 1 unspecified atom stereocenters. The Morgan fingerprint density at radius 3 is 2.29 bits per heavy atom. The Morgan fingerprint density at radius 1 is 1.06 bits per heavy atom. The lowest BCUT2D eigenvalue weighted by Gasteiger charge is -2.11. The van der Waals surface area contributed by atoms with E-state index in [4.69, 9.17) is 24.7 Å². The van der Waals surface area contributed by atoms with Crippen molar-refractivity contribution in [3.05, 3.63) is 102 Å². The summed E-state index contributed by atoms with van der Waals surface area (Å²) in [5.74, 6) is -0.854. The van der Waals surface area contributed by atoms with E-state index in [-0.39, 0.29) is 12.2 Å². The van der Waals surface area contributed by atoms with E-state index in [1.54, 1.807) is 48.5 Å². The SMILES string of the molecule is CONC(=COc1ccc(COc2ccc(C(C#N)CC(=O)O)cc2)cc1)c1ccc(F)cc1. The van der Waals surface area contributed by atoms with Gasteiger partial charge in [0.1, 0.15) is 35.9 Å². The Morgan fingerprint density at radius 2 is 1.71 bits per heavy atom. The second-order valence-corrected chi connectivity index (χ2v) is 7.24. The lowest BCUT2D eigenvalue weighted by molar-refractivity contribution is -0.137. The van der Waals surface area contributed by atoms with Crippen molar-refractivity contribution < 1.29 is 28.6 Å².